The second kappa shape index (κ2) is 5.57. The Kier molecular flexibility index (Phi) is 4.23. The van der Waals surface area contributed by atoms with Crippen molar-refractivity contribution in [1.82, 2.24) is 4.90 Å². The van der Waals surface area contributed by atoms with Gasteiger partial charge in [0.05, 0.1) is 5.92 Å². The fourth-order valence-corrected chi connectivity index (χ4v) is 2.66. The van der Waals surface area contributed by atoms with Crippen LogP contribution in [0.2, 0.25) is 0 Å². The summed E-state index contributed by atoms with van der Waals surface area (Å²) in [6.45, 7) is 2.10. The number of hydrogen-bond acceptors (Lipinski definition) is 1. The third kappa shape index (κ3) is 3.53. The Balaban J connectivity index is 2.04. The summed E-state index contributed by atoms with van der Waals surface area (Å²) in [5, 5.41) is 0. The maximum absolute atomic E-state index is 13.1. The third-order valence-corrected chi connectivity index (χ3v) is 4.02. The smallest absolute Gasteiger partial charge is 0.251 e. The predicted molar refractivity (Wildman–Crippen MR) is 73.3 cm³/mol. The van der Waals surface area contributed by atoms with Crippen LogP contribution < -0.4 is 0 Å². The number of nitrogens with zero attached hydrogens (tertiary/aromatic N) is 1. The lowest BCUT2D eigenvalue weighted by Gasteiger charge is -2.33. The lowest BCUT2D eigenvalue weighted by molar-refractivity contribution is -0.138. The van der Waals surface area contributed by atoms with Crippen LogP contribution in [-0.4, -0.2) is 29.8 Å². The molecule has 1 saturated heterocycles. The number of benzene rings is 1. The molecule has 0 aromatic heterocycles. The first-order chi connectivity index (χ1) is 8.89. The van der Waals surface area contributed by atoms with Gasteiger partial charge in [0.2, 0.25) is 5.91 Å². The molecule has 1 amide bonds. The van der Waals surface area contributed by atoms with Crippen molar-refractivity contribution in [3.63, 3.8) is 0 Å². The molecular formula is C14H16BrF2NO. The molecule has 1 aromatic carbocycles. The molecule has 0 spiro atoms. The lowest BCUT2D eigenvalue weighted by atomic mass is 9.98. The topological polar surface area (TPSA) is 20.3 Å². The van der Waals surface area contributed by atoms with Gasteiger partial charge in [0, 0.05) is 30.4 Å². The fourth-order valence-electron chi connectivity index (χ4n) is 2.25. The van der Waals surface area contributed by atoms with Crippen molar-refractivity contribution in [2.45, 2.75) is 31.6 Å². The van der Waals surface area contributed by atoms with E-state index in [2.05, 4.69) is 15.9 Å². The molecule has 0 radical (unpaired) electrons. The van der Waals surface area contributed by atoms with E-state index in [1.54, 1.807) is 4.90 Å². The summed E-state index contributed by atoms with van der Waals surface area (Å²) < 4.78 is 27.1. The van der Waals surface area contributed by atoms with Gasteiger partial charge in [-0.25, -0.2) is 8.78 Å². The van der Waals surface area contributed by atoms with Gasteiger partial charge < -0.3 is 4.90 Å². The highest BCUT2D eigenvalue weighted by Crippen LogP contribution is 2.30. The van der Waals surface area contributed by atoms with Crippen molar-refractivity contribution in [3.8, 4) is 0 Å². The standard InChI is InChI=1S/C14H16BrF2NO/c1-10(11-3-2-4-12(15)9-11)13(19)18-7-5-14(16,17)6-8-18/h2-4,9-10H,5-8H2,1H3. The van der Waals surface area contributed by atoms with E-state index in [0.29, 0.717) is 0 Å². The Morgan fingerprint density at radius 1 is 1.37 bits per heavy atom. The first-order valence-electron chi connectivity index (χ1n) is 6.31. The number of carbonyl (C=O) groups is 1. The largest absolute Gasteiger partial charge is 0.342 e. The van der Waals surface area contributed by atoms with Gasteiger partial charge in [-0.05, 0) is 24.6 Å². The van der Waals surface area contributed by atoms with Gasteiger partial charge in [-0.1, -0.05) is 28.1 Å². The van der Waals surface area contributed by atoms with Crippen molar-refractivity contribution in [3.05, 3.63) is 34.3 Å². The van der Waals surface area contributed by atoms with Gasteiger partial charge in [0.15, 0.2) is 0 Å². The number of alkyl halides is 2. The van der Waals surface area contributed by atoms with E-state index < -0.39 is 5.92 Å². The van der Waals surface area contributed by atoms with E-state index >= 15 is 0 Å². The number of likely N-dealkylation sites (tertiary alicyclic amines) is 1. The number of hydrogen-bond donors (Lipinski definition) is 0. The molecule has 1 aromatic rings. The van der Waals surface area contributed by atoms with Crippen molar-refractivity contribution >= 4 is 21.8 Å². The normalized spacial score (nSPS) is 20.1. The zero-order chi connectivity index (χ0) is 14.0. The van der Waals surface area contributed by atoms with Crippen LogP contribution in [0.25, 0.3) is 0 Å². The summed E-state index contributed by atoms with van der Waals surface area (Å²) in [6.07, 6.45) is -0.464. The molecule has 2 rings (SSSR count). The SMILES string of the molecule is CC(C(=O)N1CCC(F)(F)CC1)c1cccc(Br)c1. The summed E-state index contributed by atoms with van der Waals surface area (Å²) in [5.41, 5.74) is 0.900. The molecule has 2 nitrogen and oxygen atoms in total. The van der Waals surface area contributed by atoms with Gasteiger partial charge in [-0.3, -0.25) is 4.79 Å². The van der Waals surface area contributed by atoms with Gasteiger partial charge in [-0.2, -0.15) is 0 Å². The highest BCUT2D eigenvalue weighted by atomic mass is 79.9. The summed E-state index contributed by atoms with van der Waals surface area (Å²) in [4.78, 5) is 13.8. The van der Waals surface area contributed by atoms with Crippen LogP contribution in [0.1, 0.15) is 31.2 Å². The van der Waals surface area contributed by atoms with E-state index in [0.717, 1.165) is 10.0 Å². The molecular weight excluding hydrogens is 316 g/mol. The molecule has 5 heteroatoms. The molecule has 104 valence electrons. The maximum atomic E-state index is 13.1. The predicted octanol–water partition coefficient (Wildman–Crippen LogP) is 3.81. The molecule has 1 unspecified atom stereocenters. The second-order valence-corrected chi connectivity index (χ2v) is 5.87. The molecule has 19 heavy (non-hydrogen) atoms. The van der Waals surface area contributed by atoms with Gasteiger partial charge in [0.25, 0.3) is 5.92 Å². The molecule has 1 heterocycles. The number of piperidine rings is 1. The zero-order valence-electron chi connectivity index (χ0n) is 10.7. The van der Waals surface area contributed by atoms with E-state index in [-0.39, 0.29) is 37.8 Å². The average molecular weight is 332 g/mol. The van der Waals surface area contributed by atoms with Crippen molar-refractivity contribution in [2.75, 3.05) is 13.1 Å². The Morgan fingerprint density at radius 3 is 2.58 bits per heavy atom. The number of rotatable bonds is 2. The van der Waals surface area contributed by atoms with E-state index in [4.69, 9.17) is 0 Å². The molecule has 0 saturated carbocycles. The molecule has 1 aliphatic heterocycles. The molecule has 1 atom stereocenters. The molecule has 1 fully saturated rings. The Hall–Kier alpha value is -0.970. The molecule has 0 bridgehead atoms. The van der Waals surface area contributed by atoms with E-state index in [9.17, 15) is 13.6 Å². The van der Waals surface area contributed by atoms with E-state index in [1.165, 1.54) is 0 Å². The Labute approximate surface area is 119 Å². The number of halogens is 3. The minimum Gasteiger partial charge on any atom is -0.342 e. The van der Waals surface area contributed by atoms with Crippen molar-refractivity contribution < 1.29 is 13.6 Å². The first kappa shape index (κ1) is 14.4. The maximum Gasteiger partial charge on any atom is 0.251 e. The Morgan fingerprint density at radius 2 is 2.00 bits per heavy atom. The van der Waals surface area contributed by atoms with Crippen LogP contribution in [0.4, 0.5) is 8.78 Å². The van der Waals surface area contributed by atoms with Crippen LogP contribution in [0.5, 0.6) is 0 Å². The number of carbonyl (C=O) groups excluding carboxylic acids is 1. The minimum absolute atomic E-state index is 0.0754. The fraction of sp³-hybridized carbons (Fsp3) is 0.500. The first-order valence-corrected chi connectivity index (χ1v) is 7.10. The lowest BCUT2D eigenvalue weighted by Crippen LogP contribution is -2.44. The molecule has 1 aliphatic rings. The molecule has 0 aliphatic carbocycles. The van der Waals surface area contributed by atoms with Gasteiger partial charge in [0.1, 0.15) is 0 Å². The zero-order valence-corrected chi connectivity index (χ0v) is 12.3. The van der Waals surface area contributed by atoms with Crippen molar-refractivity contribution in [1.29, 1.82) is 0 Å². The highest BCUT2D eigenvalue weighted by molar-refractivity contribution is 9.10. The minimum atomic E-state index is -2.62. The highest BCUT2D eigenvalue weighted by Gasteiger charge is 2.36. The second-order valence-electron chi connectivity index (χ2n) is 4.96. The van der Waals surface area contributed by atoms with Gasteiger partial charge in [-0.15, -0.1) is 0 Å². The summed E-state index contributed by atoms with van der Waals surface area (Å²) in [5.74, 6) is -2.99. The summed E-state index contributed by atoms with van der Waals surface area (Å²) in [7, 11) is 0. The average Bonchev–Trinajstić information content (AvgIpc) is 2.37. The quantitative estimate of drug-likeness (QED) is 0.806. The molecule has 0 N–H and O–H groups in total. The monoisotopic (exact) mass is 331 g/mol. The van der Waals surface area contributed by atoms with Crippen LogP contribution in [0.3, 0.4) is 0 Å². The van der Waals surface area contributed by atoms with Crippen LogP contribution in [0, 0.1) is 0 Å². The van der Waals surface area contributed by atoms with Crippen LogP contribution >= 0.6 is 15.9 Å². The Bertz CT molecular complexity index is 468. The van der Waals surface area contributed by atoms with E-state index in [1.807, 2.05) is 31.2 Å². The van der Waals surface area contributed by atoms with Crippen LogP contribution in [0.15, 0.2) is 28.7 Å². The van der Waals surface area contributed by atoms with Crippen LogP contribution in [-0.2, 0) is 4.79 Å². The number of amides is 1. The van der Waals surface area contributed by atoms with Crippen molar-refractivity contribution in [2.24, 2.45) is 0 Å². The third-order valence-electron chi connectivity index (χ3n) is 3.53. The summed E-state index contributed by atoms with van der Waals surface area (Å²) in [6, 6.07) is 7.53. The van der Waals surface area contributed by atoms with Gasteiger partial charge >= 0.3 is 0 Å². The summed E-state index contributed by atoms with van der Waals surface area (Å²) >= 11 is 3.37.